The van der Waals surface area contributed by atoms with Gasteiger partial charge in [-0.2, -0.15) is 0 Å². The molecule has 0 bridgehead atoms. The third-order valence-corrected chi connectivity index (χ3v) is 4.12. The zero-order valence-electron chi connectivity index (χ0n) is 13.5. The first kappa shape index (κ1) is 17.1. The highest BCUT2D eigenvalue weighted by molar-refractivity contribution is 5.78. The van der Waals surface area contributed by atoms with Crippen molar-refractivity contribution in [1.82, 2.24) is 15.3 Å². The molecule has 1 amide bonds. The van der Waals surface area contributed by atoms with Crippen molar-refractivity contribution in [2.75, 3.05) is 6.61 Å². The van der Waals surface area contributed by atoms with E-state index in [0.717, 1.165) is 6.42 Å². The summed E-state index contributed by atoms with van der Waals surface area (Å²) in [7, 11) is 0. The van der Waals surface area contributed by atoms with Gasteiger partial charge in [-0.1, -0.05) is 32.4 Å². The molecule has 124 valence electrons. The molecule has 6 heteroatoms. The van der Waals surface area contributed by atoms with E-state index in [1.54, 1.807) is 18.2 Å². The van der Waals surface area contributed by atoms with Crippen molar-refractivity contribution >= 4 is 16.8 Å². The van der Waals surface area contributed by atoms with Crippen LogP contribution in [0.15, 0.2) is 29.1 Å². The molecule has 3 N–H and O–H groups in total. The molecule has 2 atom stereocenters. The summed E-state index contributed by atoms with van der Waals surface area (Å²) >= 11 is 0. The largest absolute Gasteiger partial charge is 0.394 e. The van der Waals surface area contributed by atoms with Crippen molar-refractivity contribution in [2.24, 2.45) is 5.92 Å². The van der Waals surface area contributed by atoms with Gasteiger partial charge in [-0.3, -0.25) is 9.59 Å². The zero-order valence-corrected chi connectivity index (χ0v) is 13.5. The summed E-state index contributed by atoms with van der Waals surface area (Å²) in [5.41, 5.74) is 0.429. The Bertz CT molecular complexity index is 726. The van der Waals surface area contributed by atoms with Gasteiger partial charge < -0.3 is 15.4 Å². The quantitative estimate of drug-likeness (QED) is 0.719. The molecule has 6 nitrogen and oxygen atoms in total. The number of benzene rings is 1. The number of nitrogens with one attached hydrogen (secondary N) is 2. The van der Waals surface area contributed by atoms with E-state index in [-0.39, 0.29) is 36.5 Å². The highest BCUT2D eigenvalue weighted by Gasteiger charge is 2.17. The monoisotopic (exact) mass is 317 g/mol. The van der Waals surface area contributed by atoms with E-state index < -0.39 is 0 Å². The number of fused-ring (bicyclic) bond motifs is 1. The average molecular weight is 317 g/mol. The molecule has 1 heterocycles. The van der Waals surface area contributed by atoms with Gasteiger partial charge in [-0.15, -0.1) is 0 Å². The van der Waals surface area contributed by atoms with Gasteiger partial charge in [-0.05, 0) is 18.1 Å². The highest BCUT2D eigenvalue weighted by atomic mass is 16.3. The average Bonchev–Trinajstić information content (AvgIpc) is 2.57. The van der Waals surface area contributed by atoms with Gasteiger partial charge in [0.1, 0.15) is 5.82 Å². The van der Waals surface area contributed by atoms with E-state index in [0.29, 0.717) is 23.1 Å². The fourth-order valence-electron chi connectivity index (χ4n) is 2.42. The van der Waals surface area contributed by atoms with Gasteiger partial charge in [0.05, 0.1) is 23.6 Å². The molecule has 2 rings (SSSR count). The van der Waals surface area contributed by atoms with E-state index in [4.69, 9.17) is 0 Å². The number of rotatable bonds is 7. The number of amides is 1. The summed E-state index contributed by atoms with van der Waals surface area (Å²) < 4.78 is 0. The van der Waals surface area contributed by atoms with Crippen LogP contribution >= 0.6 is 0 Å². The number of carbonyl (C=O) groups excluding carboxylic acids is 1. The van der Waals surface area contributed by atoms with Crippen LogP contribution in [-0.4, -0.2) is 33.6 Å². The Morgan fingerprint density at radius 3 is 2.83 bits per heavy atom. The molecule has 23 heavy (non-hydrogen) atoms. The molecule has 1 aromatic heterocycles. The predicted octanol–water partition coefficient (Wildman–Crippen LogP) is 1.38. The second kappa shape index (κ2) is 7.87. The molecule has 0 aliphatic heterocycles. The maximum Gasteiger partial charge on any atom is 0.258 e. The molecular formula is C17H23N3O3. The summed E-state index contributed by atoms with van der Waals surface area (Å²) in [6, 6.07) is 6.87. The van der Waals surface area contributed by atoms with Crippen molar-refractivity contribution < 1.29 is 9.90 Å². The summed E-state index contributed by atoms with van der Waals surface area (Å²) in [5.74, 6) is 0.552. The minimum absolute atomic E-state index is 0.0776. The van der Waals surface area contributed by atoms with Crippen molar-refractivity contribution in [3.05, 3.63) is 40.4 Å². The Labute approximate surface area is 135 Å². The van der Waals surface area contributed by atoms with Crippen LogP contribution in [0.25, 0.3) is 10.9 Å². The molecule has 0 spiro atoms. The number of carbonyl (C=O) groups is 1. The van der Waals surface area contributed by atoms with Crippen molar-refractivity contribution in [3.63, 3.8) is 0 Å². The minimum Gasteiger partial charge on any atom is -0.394 e. The number of aliphatic hydroxyl groups is 1. The number of para-hydroxylation sites is 1. The van der Waals surface area contributed by atoms with E-state index in [1.807, 2.05) is 19.9 Å². The summed E-state index contributed by atoms with van der Waals surface area (Å²) in [6.45, 7) is 3.93. The number of nitrogens with zero attached hydrogens (tertiary/aromatic N) is 1. The molecule has 0 unspecified atom stereocenters. The number of H-pyrrole nitrogens is 1. The van der Waals surface area contributed by atoms with Gasteiger partial charge in [0, 0.05) is 12.8 Å². The van der Waals surface area contributed by atoms with Gasteiger partial charge >= 0.3 is 0 Å². The third-order valence-electron chi connectivity index (χ3n) is 4.12. The van der Waals surface area contributed by atoms with Gasteiger partial charge in [0.25, 0.3) is 5.56 Å². The topological polar surface area (TPSA) is 95.1 Å². The minimum atomic E-state index is -0.240. The maximum atomic E-state index is 12.0. The first-order valence-electron chi connectivity index (χ1n) is 7.93. The molecular weight excluding hydrogens is 294 g/mol. The molecule has 0 aliphatic rings. The van der Waals surface area contributed by atoms with Crippen LogP contribution in [0.3, 0.4) is 0 Å². The standard InChI is InChI=1S/C17H23N3O3/c1-3-11(2)14(10-21)19-16(22)9-8-15-18-13-7-5-4-6-12(13)17(23)20-15/h4-7,11,14,21H,3,8-10H2,1-2H3,(H,19,22)(H,18,20,23)/t11-,14-/m1/s1. The number of aryl methyl sites for hydroxylation is 1. The smallest absolute Gasteiger partial charge is 0.258 e. The predicted molar refractivity (Wildman–Crippen MR) is 89.2 cm³/mol. The van der Waals surface area contributed by atoms with E-state index in [2.05, 4.69) is 15.3 Å². The summed E-state index contributed by atoms with van der Waals surface area (Å²) in [5, 5.41) is 12.7. The zero-order chi connectivity index (χ0) is 16.8. The first-order valence-corrected chi connectivity index (χ1v) is 7.93. The van der Waals surface area contributed by atoms with Crippen LogP contribution < -0.4 is 10.9 Å². The SMILES string of the molecule is CC[C@@H](C)[C@@H](CO)NC(=O)CCc1nc2ccccc2c(=O)[nH]1. The van der Waals surface area contributed by atoms with Gasteiger partial charge in [0.2, 0.25) is 5.91 Å². The number of hydrogen-bond donors (Lipinski definition) is 3. The Morgan fingerprint density at radius 1 is 1.39 bits per heavy atom. The molecule has 0 radical (unpaired) electrons. The molecule has 0 saturated carbocycles. The second-order valence-electron chi connectivity index (χ2n) is 5.77. The van der Waals surface area contributed by atoms with Crippen molar-refractivity contribution in [1.29, 1.82) is 0 Å². The van der Waals surface area contributed by atoms with Crippen LogP contribution in [0.4, 0.5) is 0 Å². The lowest BCUT2D eigenvalue weighted by Gasteiger charge is -2.22. The fraction of sp³-hybridized carbons (Fsp3) is 0.471. The Kier molecular flexibility index (Phi) is 5.87. The van der Waals surface area contributed by atoms with Crippen molar-refractivity contribution in [2.45, 2.75) is 39.2 Å². The van der Waals surface area contributed by atoms with E-state index in [1.165, 1.54) is 0 Å². The lowest BCUT2D eigenvalue weighted by atomic mass is 10.00. The van der Waals surface area contributed by atoms with Gasteiger partial charge in [0.15, 0.2) is 0 Å². The Balaban J connectivity index is 2.00. The van der Waals surface area contributed by atoms with Crippen LogP contribution in [0.1, 0.15) is 32.5 Å². The van der Waals surface area contributed by atoms with Crippen LogP contribution in [0.5, 0.6) is 0 Å². The number of aliphatic hydroxyl groups excluding tert-OH is 1. The third kappa shape index (κ3) is 4.39. The molecule has 0 aliphatic carbocycles. The Hall–Kier alpha value is -2.21. The van der Waals surface area contributed by atoms with E-state index >= 15 is 0 Å². The first-order chi connectivity index (χ1) is 11.0. The normalized spacial score (nSPS) is 13.7. The molecule has 0 fully saturated rings. The number of hydrogen-bond acceptors (Lipinski definition) is 4. The van der Waals surface area contributed by atoms with Gasteiger partial charge in [-0.25, -0.2) is 4.98 Å². The van der Waals surface area contributed by atoms with Crippen LogP contribution in [0, 0.1) is 5.92 Å². The molecule has 1 aromatic carbocycles. The lowest BCUT2D eigenvalue weighted by molar-refractivity contribution is -0.122. The number of aromatic nitrogens is 2. The number of aromatic amines is 1. The lowest BCUT2D eigenvalue weighted by Crippen LogP contribution is -2.42. The van der Waals surface area contributed by atoms with Crippen LogP contribution in [-0.2, 0) is 11.2 Å². The fourth-order valence-corrected chi connectivity index (χ4v) is 2.42. The Morgan fingerprint density at radius 2 is 2.13 bits per heavy atom. The molecule has 0 saturated heterocycles. The second-order valence-corrected chi connectivity index (χ2v) is 5.77. The molecule has 2 aromatic rings. The van der Waals surface area contributed by atoms with Crippen LogP contribution in [0.2, 0.25) is 0 Å². The summed E-state index contributed by atoms with van der Waals surface area (Å²) in [4.78, 5) is 31.1. The summed E-state index contributed by atoms with van der Waals surface area (Å²) in [6.07, 6.45) is 1.45. The van der Waals surface area contributed by atoms with E-state index in [9.17, 15) is 14.7 Å². The highest BCUT2D eigenvalue weighted by Crippen LogP contribution is 2.09. The van der Waals surface area contributed by atoms with Crippen molar-refractivity contribution in [3.8, 4) is 0 Å². The maximum absolute atomic E-state index is 12.0.